The molecule has 232 valence electrons. The summed E-state index contributed by atoms with van der Waals surface area (Å²) in [5.41, 5.74) is 1.07. The molecule has 1 saturated heterocycles. The van der Waals surface area contributed by atoms with E-state index in [1.54, 1.807) is 29.1 Å². The van der Waals surface area contributed by atoms with E-state index in [-0.39, 0.29) is 42.8 Å². The Hall–Kier alpha value is -3.43. The first-order valence-corrected chi connectivity index (χ1v) is 18.5. The van der Waals surface area contributed by atoms with E-state index < -0.39 is 19.8 Å². The van der Waals surface area contributed by atoms with Gasteiger partial charge in [0, 0.05) is 36.1 Å². The van der Waals surface area contributed by atoms with Gasteiger partial charge in [0.15, 0.2) is 5.60 Å². The molecular formula is C35H41ClN2O5Si. The molecule has 5 rings (SSSR count). The first-order chi connectivity index (χ1) is 21.1. The molecule has 3 aromatic carbocycles. The van der Waals surface area contributed by atoms with Crippen LogP contribution >= 0.6 is 11.6 Å². The smallest absolute Gasteiger partial charge is 0.264 e. The Morgan fingerprint density at radius 2 is 1.86 bits per heavy atom. The van der Waals surface area contributed by atoms with E-state index in [4.69, 9.17) is 21.1 Å². The van der Waals surface area contributed by atoms with Gasteiger partial charge < -0.3 is 24.4 Å². The summed E-state index contributed by atoms with van der Waals surface area (Å²) in [5, 5.41) is 11.6. The molecule has 4 atom stereocenters. The molecule has 0 radical (unpaired) electrons. The lowest BCUT2D eigenvalue weighted by molar-refractivity contribution is -0.149. The second-order valence-electron chi connectivity index (χ2n) is 12.3. The van der Waals surface area contributed by atoms with E-state index >= 15 is 0 Å². The standard InChI is InChI=1S/C35H41ClN2O5Si/c1-6-18-38-30-17-12-26(36)21-29(30)35(34(38)41)24(2)33(44(4,5)28-15-13-27(42-3)14-16-28)31(43-35)22-32(40)37(19-20-39)23-25-10-8-7-9-11-25/h6-17,21,24,31,33,39H,1,18-20,22-23H2,2-5H3/t24-,31+,33-,35+/m1/s1. The largest absolute Gasteiger partial charge is 0.497 e. The maximum atomic E-state index is 14.5. The third-order valence-corrected chi connectivity index (χ3v) is 14.0. The van der Waals surface area contributed by atoms with Gasteiger partial charge >= 0.3 is 0 Å². The van der Waals surface area contributed by atoms with Crippen molar-refractivity contribution < 1.29 is 24.2 Å². The Balaban J connectivity index is 1.58. The molecule has 1 N–H and O–H groups in total. The molecule has 44 heavy (non-hydrogen) atoms. The van der Waals surface area contributed by atoms with Crippen molar-refractivity contribution in [1.82, 2.24) is 4.90 Å². The van der Waals surface area contributed by atoms with E-state index in [1.165, 1.54) is 5.19 Å². The van der Waals surface area contributed by atoms with E-state index in [2.05, 4.69) is 38.7 Å². The molecule has 3 aromatic rings. The Bertz CT molecular complexity index is 1520. The maximum Gasteiger partial charge on any atom is 0.264 e. The van der Waals surface area contributed by atoms with Crippen LogP contribution in [0.2, 0.25) is 23.7 Å². The summed E-state index contributed by atoms with van der Waals surface area (Å²) in [6.07, 6.45) is 1.25. The molecule has 2 amide bonds. The highest BCUT2D eigenvalue weighted by atomic mass is 35.5. The van der Waals surface area contributed by atoms with E-state index in [0.29, 0.717) is 18.1 Å². The Labute approximate surface area is 266 Å². The molecule has 2 aliphatic heterocycles. The molecule has 1 spiro atoms. The normalized spacial score (nSPS) is 22.7. The zero-order valence-corrected chi connectivity index (χ0v) is 27.6. The van der Waals surface area contributed by atoms with Crippen LogP contribution in [0.15, 0.2) is 85.5 Å². The van der Waals surface area contributed by atoms with Crippen molar-refractivity contribution >= 4 is 42.4 Å². The highest BCUT2D eigenvalue weighted by molar-refractivity contribution is 6.91. The second-order valence-corrected chi connectivity index (χ2v) is 17.4. The van der Waals surface area contributed by atoms with Gasteiger partial charge in [-0.1, -0.05) is 85.3 Å². The van der Waals surface area contributed by atoms with E-state index in [9.17, 15) is 14.7 Å². The summed E-state index contributed by atoms with van der Waals surface area (Å²) in [4.78, 5) is 31.9. The number of carbonyl (C=O) groups excluding carboxylic acids is 2. The average molecular weight is 633 g/mol. The molecule has 2 aliphatic rings. The van der Waals surface area contributed by atoms with Crippen molar-refractivity contribution in [2.75, 3.05) is 31.7 Å². The lowest BCUT2D eigenvalue weighted by Gasteiger charge is -2.37. The summed E-state index contributed by atoms with van der Waals surface area (Å²) in [6.45, 7) is 11.3. The number of halogens is 1. The lowest BCUT2D eigenvalue weighted by atomic mass is 9.82. The highest BCUT2D eigenvalue weighted by Crippen LogP contribution is 2.60. The van der Waals surface area contributed by atoms with Gasteiger partial charge in [0.25, 0.3) is 5.91 Å². The molecule has 0 unspecified atom stereocenters. The van der Waals surface area contributed by atoms with E-state index in [1.807, 2.05) is 54.6 Å². The van der Waals surface area contributed by atoms with Crippen LogP contribution in [0.4, 0.5) is 5.69 Å². The minimum atomic E-state index is -2.43. The molecule has 0 saturated carbocycles. The zero-order chi connectivity index (χ0) is 31.6. The fourth-order valence-corrected chi connectivity index (χ4v) is 11.5. The number of ether oxygens (including phenoxy) is 2. The van der Waals surface area contributed by atoms with Gasteiger partial charge in [-0.3, -0.25) is 9.59 Å². The SMILES string of the molecule is C=CCN1C(=O)[C@@]2(O[C@@H](CC(=O)N(CCO)Cc3ccccc3)[C@H]([Si](C)(C)c3ccc(OC)cc3)[C@H]2C)c2cc(Cl)ccc21. The first-order valence-electron chi connectivity index (χ1n) is 15.1. The van der Waals surface area contributed by atoms with Crippen molar-refractivity contribution in [2.24, 2.45) is 5.92 Å². The Kier molecular flexibility index (Phi) is 9.37. The minimum absolute atomic E-state index is 0.0841. The number of nitrogens with zero attached hydrogens (tertiary/aromatic N) is 2. The topological polar surface area (TPSA) is 79.3 Å². The van der Waals surface area contributed by atoms with Crippen LogP contribution in [0.25, 0.3) is 0 Å². The van der Waals surface area contributed by atoms with E-state index in [0.717, 1.165) is 22.6 Å². The van der Waals surface area contributed by atoms with Gasteiger partial charge in [0.05, 0.1) is 40.0 Å². The number of carbonyl (C=O) groups is 2. The van der Waals surface area contributed by atoms with Crippen LogP contribution in [0, 0.1) is 5.92 Å². The van der Waals surface area contributed by atoms with Gasteiger partial charge in [0.2, 0.25) is 5.91 Å². The van der Waals surface area contributed by atoms with Gasteiger partial charge in [-0.2, -0.15) is 0 Å². The van der Waals surface area contributed by atoms with Crippen LogP contribution in [-0.2, 0) is 26.5 Å². The third-order valence-electron chi connectivity index (χ3n) is 9.42. The lowest BCUT2D eigenvalue weighted by Crippen LogP contribution is -2.52. The van der Waals surface area contributed by atoms with Crippen molar-refractivity contribution in [3.63, 3.8) is 0 Å². The van der Waals surface area contributed by atoms with Crippen LogP contribution in [0.3, 0.4) is 0 Å². The number of hydrogen-bond donors (Lipinski definition) is 1. The van der Waals surface area contributed by atoms with Crippen molar-refractivity contribution in [2.45, 2.75) is 50.2 Å². The molecular weight excluding hydrogens is 592 g/mol. The van der Waals surface area contributed by atoms with Crippen LogP contribution in [-0.4, -0.2) is 62.8 Å². The van der Waals surface area contributed by atoms with Gasteiger partial charge in [0.1, 0.15) is 5.75 Å². The zero-order valence-electron chi connectivity index (χ0n) is 25.8. The summed E-state index contributed by atoms with van der Waals surface area (Å²) in [5.74, 6) is 0.233. The molecule has 2 heterocycles. The molecule has 7 nitrogen and oxygen atoms in total. The molecule has 9 heteroatoms. The number of benzene rings is 3. The average Bonchev–Trinajstić information content (AvgIpc) is 3.44. The molecule has 0 aromatic heterocycles. The Morgan fingerprint density at radius 3 is 2.50 bits per heavy atom. The number of methoxy groups -OCH3 is 1. The summed E-state index contributed by atoms with van der Waals surface area (Å²) < 4.78 is 12.4. The number of aliphatic hydroxyl groups excluding tert-OH is 1. The monoisotopic (exact) mass is 632 g/mol. The Morgan fingerprint density at radius 1 is 1.16 bits per heavy atom. The molecule has 0 aliphatic carbocycles. The summed E-state index contributed by atoms with van der Waals surface area (Å²) >= 11 is 6.54. The number of amides is 2. The first kappa shape index (κ1) is 32.0. The van der Waals surface area contributed by atoms with Gasteiger partial charge in [-0.05, 0) is 41.4 Å². The van der Waals surface area contributed by atoms with Crippen molar-refractivity contribution in [3.8, 4) is 5.75 Å². The number of fused-ring (bicyclic) bond motifs is 2. The number of hydrogen-bond acceptors (Lipinski definition) is 5. The van der Waals surface area contributed by atoms with Gasteiger partial charge in [-0.25, -0.2) is 0 Å². The van der Waals surface area contributed by atoms with Crippen LogP contribution in [0.5, 0.6) is 5.75 Å². The van der Waals surface area contributed by atoms with Crippen molar-refractivity contribution in [3.05, 3.63) is 102 Å². The fraction of sp³-hybridized carbons (Fsp3) is 0.371. The molecule has 1 fully saturated rings. The van der Waals surface area contributed by atoms with Crippen molar-refractivity contribution in [1.29, 1.82) is 0 Å². The molecule has 0 bridgehead atoms. The van der Waals surface area contributed by atoms with Crippen LogP contribution < -0.4 is 14.8 Å². The second kappa shape index (κ2) is 12.9. The number of anilines is 1. The number of aliphatic hydroxyl groups is 1. The fourth-order valence-electron chi connectivity index (χ4n) is 7.31. The highest BCUT2D eigenvalue weighted by Gasteiger charge is 2.66. The summed E-state index contributed by atoms with van der Waals surface area (Å²) in [7, 11) is -0.780. The maximum absolute atomic E-state index is 14.5. The predicted molar refractivity (Wildman–Crippen MR) is 177 cm³/mol. The number of rotatable bonds is 11. The predicted octanol–water partition coefficient (Wildman–Crippen LogP) is 5.51. The summed E-state index contributed by atoms with van der Waals surface area (Å²) in [6, 6.07) is 23.4. The minimum Gasteiger partial charge on any atom is -0.497 e. The van der Waals surface area contributed by atoms with Crippen LogP contribution in [0.1, 0.15) is 24.5 Å². The quantitative estimate of drug-likeness (QED) is 0.223. The third kappa shape index (κ3) is 5.60. The van der Waals surface area contributed by atoms with Gasteiger partial charge in [-0.15, -0.1) is 6.58 Å².